The van der Waals surface area contributed by atoms with Gasteiger partial charge in [-0.05, 0) is 25.7 Å². The van der Waals surface area contributed by atoms with E-state index in [1.807, 2.05) is 13.0 Å². The summed E-state index contributed by atoms with van der Waals surface area (Å²) in [4.78, 5) is 4.49. The number of aryl methyl sites for hydroxylation is 1. The van der Waals surface area contributed by atoms with E-state index in [1.165, 1.54) is 0 Å². The van der Waals surface area contributed by atoms with E-state index in [-0.39, 0.29) is 0 Å². The molecule has 0 bridgehead atoms. The van der Waals surface area contributed by atoms with Gasteiger partial charge in [-0.15, -0.1) is 6.58 Å². The summed E-state index contributed by atoms with van der Waals surface area (Å²) in [6.07, 6.45) is 6.26. The summed E-state index contributed by atoms with van der Waals surface area (Å²) in [5, 5.41) is 3.28. The van der Waals surface area contributed by atoms with E-state index in [2.05, 4.69) is 27.6 Å². The largest absolute Gasteiger partial charge is 0.381 e. The number of nitrogens with one attached hydrogen (secondary N) is 1. The average Bonchev–Trinajstić information content (AvgIpc) is 2.68. The molecule has 0 atom stereocenters. The van der Waals surface area contributed by atoms with Crippen LogP contribution in [0.3, 0.4) is 0 Å². The lowest BCUT2D eigenvalue weighted by atomic mass is 10.0. The van der Waals surface area contributed by atoms with Crippen molar-refractivity contribution in [1.29, 1.82) is 0 Å². The number of imidazole rings is 1. The molecule has 0 aromatic carbocycles. The number of aromatic nitrogens is 2. The summed E-state index contributed by atoms with van der Waals surface area (Å²) in [6.45, 7) is 9.32. The fraction of sp³-hybridized carbons (Fsp3) is 0.615. The lowest BCUT2D eigenvalue weighted by Gasteiger charge is -2.23. The SMILES string of the molecule is C=CCNc1nc(C)cn1CC1CCOCC1. The predicted octanol–water partition coefficient (Wildman–Crippen LogP) is 2.22. The van der Waals surface area contributed by atoms with Crippen molar-refractivity contribution < 1.29 is 4.74 Å². The Morgan fingerprint density at radius 1 is 1.59 bits per heavy atom. The van der Waals surface area contributed by atoms with Crippen LogP contribution in [0.15, 0.2) is 18.9 Å². The van der Waals surface area contributed by atoms with Gasteiger partial charge in [-0.1, -0.05) is 6.08 Å². The molecule has 0 amide bonds. The second-order valence-electron chi connectivity index (χ2n) is 4.58. The summed E-state index contributed by atoms with van der Waals surface area (Å²) in [5.74, 6) is 1.66. The summed E-state index contributed by atoms with van der Waals surface area (Å²) in [5.41, 5.74) is 1.06. The van der Waals surface area contributed by atoms with Crippen molar-refractivity contribution in [2.45, 2.75) is 26.3 Å². The molecule has 4 heteroatoms. The van der Waals surface area contributed by atoms with E-state index in [9.17, 15) is 0 Å². The van der Waals surface area contributed by atoms with E-state index < -0.39 is 0 Å². The Morgan fingerprint density at radius 3 is 3.06 bits per heavy atom. The fourth-order valence-corrected chi connectivity index (χ4v) is 2.20. The molecule has 17 heavy (non-hydrogen) atoms. The van der Waals surface area contributed by atoms with E-state index in [1.54, 1.807) is 0 Å². The number of rotatable bonds is 5. The Bertz CT molecular complexity index is 367. The van der Waals surface area contributed by atoms with Gasteiger partial charge < -0.3 is 14.6 Å². The minimum atomic E-state index is 0.710. The Kier molecular flexibility index (Phi) is 4.20. The van der Waals surface area contributed by atoms with E-state index >= 15 is 0 Å². The average molecular weight is 235 g/mol. The molecule has 94 valence electrons. The summed E-state index contributed by atoms with van der Waals surface area (Å²) in [6, 6.07) is 0. The quantitative estimate of drug-likeness (QED) is 0.795. The van der Waals surface area contributed by atoms with Crippen LogP contribution >= 0.6 is 0 Å². The van der Waals surface area contributed by atoms with Gasteiger partial charge in [0, 0.05) is 32.5 Å². The first-order valence-electron chi connectivity index (χ1n) is 6.26. The van der Waals surface area contributed by atoms with E-state index in [0.717, 1.165) is 50.8 Å². The second kappa shape index (κ2) is 5.87. The maximum absolute atomic E-state index is 5.38. The Hall–Kier alpha value is -1.29. The number of hydrogen-bond donors (Lipinski definition) is 1. The van der Waals surface area contributed by atoms with Crippen molar-refractivity contribution in [3.63, 3.8) is 0 Å². The molecule has 1 aliphatic rings. The van der Waals surface area contributed by atoms with Crippen LogP contribution in [-0.4, -0.2) is 29.3 Å². The van der Waals surface area contributed by atoms with Crippen LogP contribution in [0.5, 0.6) is 0 Å². The van der Waals surface area contributed by atoms with Crippen LogP contribution < -0.4 is 5.32 Å². The van der Waals surface area contributed by atoms with Crippen LogP contribution in [0, 0.1) is 12.8 Å². The first-order chi connectivity index (χ1) is 8.29. The molecule has 0 spiro atoms. The first kappa shape index (κ1) is 12.2. The smallest absolute Gasteiger partial charge is 0.203 e. The lowest BCUT2D eigenvalue weighted by Crippen LogP contribution is -2.21. The molecule has 1 aliphatic heterocycles. The van der Waals surface area contributed by atoms with Gasteiger partial charge in [-0.3, -0.25) is 0 Å². The molecule has 0 unspecified atom stereocenters. The highest BCUT2D eigenvalue weighted by Gasteiger charge is 2.16. The van der Waals surface area contributed by atoms with Crippen molar-refractivity contribution in [1.82, 2.24) is 9.55 Å². The number of anilines is 1. The third kappa shape index (κ3) is 3.33. The highest BCUT2D eigenvalue weighted by atomic mass is 16.5. The molecular formula is C13H21N3O. The molecular weight excluding hydrogens is 214 g/mol. The van der Waals surface area contributed by atoms with Gasteiger partial charge in [0.25, 0.3) is 0 Å². The van der Waals surface area contributed by atoms with Crippen molar-refractivity contribution in [3.8, 4) is 0 Å². The molecule has 1 saturated heterocycles. The zero-order chi connectivity index (χ0) is 12.1. The highest BCUT2D eigenvalue weighted by Crippen LogP contribution is 2.19. The first-order valence-corrected chi connectivity index (χ1v) is 6.26. The van der Waals surface area contributed by atoms with Gasteiger partial charge in [0.05, 0.1) is 5.69 Å². The topological polar surface area (TPSA) is 39.1 Å². The molecule has 1 fully saturated rings. The fourth-order valence-electron chi connectivity index (χ4n) is 2.20. The van der Waals surface area contributed by atoms with E-state index in [0.29, 0.717) is 5.92 Å². The van der Waals surface area contributed by atoms with Gasteiger partial charge >= 0.3 is 0 Å². The zero-order valence-corrected chi connectivity index (χ0v) is 10.5. The van der Waals surface area contributed by atoms with Crippen LogP contribution in [-0.2, 0) is 11.3 Å². The number of ether oxygens (including phenoxy) is 1. The van der Waals surface area contributed by atoms with Crippen LogP contribution in [0.4, 0.5) is 5.95 Å². The zero-order valence-electron chi connectivity index (χ0n) is 10.5. The van der Waals surface area contributed by atoms with Gasteiger partial charge in [-0.25, -0.2) is 4.98 Å². The Balaban J connectivity index is 2.00. The lowest BCUT2D eigenvalue weighted by molar-refractivity contribution is 0.0614. The van der Waals surface area contributed by atoms with Crippen molar-refractivity contribution in [3.05, 3.63) is 24.5 Å². The Labute approximate surface area is 103 Å². The maximum atomic E-state index is 5.38. The molecule has 1 aromatic rings. The standard InChI is InChI=1S/C13H21N3O/c1-3-6-14-13-15-11(2)9-16(13)10-12-4-7-17-8-5-12/h3,9,12H,1,4-8,10H2,2H3,(H,14,15). The van der Waals surface area contributed by atoms with Crippen molar-refractivity contribution in [2.24, 2.45) is 5.92 Å². The third-order valence-corrected chi connectivity index (χ3v) is 3.10. The normalized spacial score (nSPS) is 17.0. The van der Waals surface area contributed by atoms with Crippen LogP contribution in [0.1, 0.15) is 18.5 Å². The van der Waals surface area contributed by atoms with Crippen LogP contribution in [0.2, 0.25) is 0 Å². The van der Waals surface area contributed by atoms with Crippen molar-refractivity contribution in [2.75, 3.05) is 25.1 Å². The molecule has 2 rings (SSSR count). The van der Waals surface area contributed by atoms with Crippen molar-refractivity contribution >= 4 is 5.95 Å². The molecule has 0 radical (unpaired) electrons. The summed E-state index contributed by atoms with van der Waals surface area (Å²) < 4.78 is 7.60. The minimum Gasteiger partial charge on any atom is -0.381 e. The summed E-state index contributed by atoms with van der Waals surface area (Å²) >= 11 is 0. The molecule has 1 aromatic heterocycles. The maximum Gasteiger partial charge on any atom is 0.203 e. The number of nitrogens with zero attached hydrogens (tertiary/aromatic N) is 2. The summed E-state index contributed by atoms with van der Waals surface area (Å²) in [7, 11) is 0. The molecule has 4 nitrogen and oxygen atoms in total. The molecule has 0 saturated carbocycles. The monoisotopic (exact) mass is 235 g/mol. The molecule has 2 heterocycles. The molecule has 0 aliphatic carbocycles. The van der Waals surface area contributed by atoms with Gasteiger partial charge in [0.15, 0.2) is 0 Å². The van der Waals surface area contributed by atoms with E-state index in [4.69, 9.17) is 4.74 Å². The third-order valence-electron chi connectivity index (χ3n) is 3.10. The van der Waals surface area contributed by atoms with Gasteiger partial charge in [0.1, 0.15) is 0 Å². The van der Waals surface area contributed by atoms with Crippen LogP contribution in [0.25, 0.3) is 0 Å². The Morgan fingerprint density at radius 2 is 2.35 bits per heavy atom. The minimum absolute atomic E-state index is 0.710. The second-order valence-corrected chi connectivity index (χ2v) is 4.58. The number of hydrogen-bond acceptors (Lipinski definition) is 3. The highest BCUT2D eigenvalue weighted by molar-refractivity contribution is 5.29. The predicted molar refractivity (Wildman–Crippen MR) is 69.2 cm³/mol. The molecule has 1 N–H and O–H groups in total. The van der Waals surface area contributed by atoms with Gasteiger partial charge in [0.2, 0.25) is 5.95 Å². The van der Waals surface area contributed by atoms with Gasteiger partial charge in [-0.2, -0.15) is 0 Å².